The molecule has 0 aromatic carbocycles. The molecule has 17 heavy (non-hydrogen) atoms. The third kappa shape index (κ3) is 2.78. The molecule has 0 aliphatic carbocycles. The fourth-order valence-electron chi connectivity index (χ4n) is 1.56. The van der Waals surface area contributed by atoms with E-state index < -0.39 is 0 Å². The molecule has 0 radical (unpaired) electrons. The highest BCUT2D eigenvalue weighted by atomic mass is 15.1. The Balaban J connectivity index is 2.30. The number of nitrogens with one attached hydrogen (secondary N) is 1. The van der Waals surface area contributed by atoms with Crippen molar-refractivity contribution in [2.75, 3.05) is 11.9 Å². The molecule has 0 atom stereocenters. The number of aryl methyl sites for hydroxylation is 1. The van der Waals surface area contributed by atoms with Gasteiger partial charge in [0.2, 0.25) is 5.95 Å². The molecule has 4 heteroatoms. The Morgan fingerprint density at radius 2 is 2.12 bits per heavy atom. The summed E-state index contributed by atoms with van der Waals surface area (Å²) < 4.78 is 0. The van der Waals surface area contributed by atoms with Crippen molar-refractivity contribution in [3.63, 3.8) is 0 Å². The molecule has 2 aromatic rings. The fourth-order valence-corrected chi connectivity index (χ4v) is 1.56. The molecule has 0 saturated carbocycles. The summed E-state index contributed by atoms with van der Waals surface area (Å²) in [5.74, 6) is 0.674. The van der Waals surface area contributed by atoms with Crippen molar-refractivity contribution < 1.29 is 0 Å². The molecule has 88 valence electrons. The first-order valence-corrected chi connectivity index (χ1v) is 5.79. The van der Waals surface area contributed by atoms with E-state index in [0.717, 1.165) is 24.2 Å². The van der Waals surface area contributed by atoms with E-state index in [1.165, 1.54) is 5.56 Å². The number of nitrogens with zero attached hydrogens (tertiary/aromatic N) is 3. The SMILES string of the molecule is CCCNc1nccc(-c2cnccc2C)n1. The summed E-state index contributed by atoms with van der Waals surface area (Å²) in [6.45, 7) is 5.05. The van der Waals surface area contributed by atoms with Crippen molar-refractivity contribution in [2.45, 2.75) is 20.3 Å². The summed E-state index contributed by atoms with van der Waals surface area (Å²) in [4.78, 5) is 12.8. The van der Waals surface area contributed by atoms with Gasteiger partial charge in [-0.1, -0.05) is 6.92 Å². The van der Waals surface area contributed by atoms with Gasteiger partial charge >= 0.3 is 0 Å². The first-order chi connectivity index (χ1) is 8.31. The Hall–Kier alpha value is -1.97. The molecule has 2 rings (SSSR count). The topological polar surface area (TPSA) is 50.7 Å². The van der Waals surface area contributed by atoms with Crippen LogP contribution in [0.5, 0.6) is 0 Å². The van der Waals surface area contributed by atoms with E-state index >= 15 is 0 Å². The number of rotatable bonds is 4. The van der Waals surface area contributed by atoms with Crippen LogP contribution in [0.15, 0.2) is 30.7 Å². The van der Waals surface area contributed by atoms with Crippen LogP contribution in [-0.4, -0.2) is 21.5 Å². The number of anilines is 1. The molecule has 0 saturated heterocycles. The van der Waals surface area contributed by atoms with Crippen LogP contribution in [-0.2, 0) is 0 Å². The first kappa shape index (κ1) is 11.5. The zero-order chi connectivity index (χ0) is 12.1. The predicted molar refractivity (Wildman–Crippen MR) is 68.8 cm³/mol. The molecule has 0 amide bonds. The van der Waals surface area contributed by atoms with Crippen LogP contribution < -0.4 is 5.32 Å². The molecular weight excluding hydrogens is 212 g/mol. The highest BCUT2D eigenvalue weighted by molar-refractivity contribution is 5.62. The lowest BCUT2D eigenvalue weighted by Gasteiger charge is -2.06. The van der Waals surface area contributed by atoms with E-state index in [9.17, 15) is 0 Å². The highest BCUT2D eigenvalue weighted by Crippen LogP contribution is 2.20. The van der Waals surface area contributed by atoms with Crippen LogP contribution in [0.25, 0.3) is 11.3 Å². The molecular formula is C13H16N4. The zero-order valence-electron chi connectivity index (χ0n) is 10.1. The maximum absolute atomic E-state index is 4.48. The number of aromatic nitrogens is 3. The summed E-state index contributed by atoms with van der Waals surface area (Å²) in [5.41, 5.74) is 3.12. The van der Waals surface area contributed by atoms with Gasteiger partial charge in [-0.2, -0.15) is 0 Å². The molecule has 0 aliphatic rings. The quantitative estimate of drug-likeness (QED) is 0.874. The first-order valence-electron chi connectivity index (χ1n) is 5.79. The van der Waals surface area contributed by atoms with Crippen LogP contribution in [0.1, 0.15) is 18.9 Å². The van der Waals surface area contributed by atoms with E-state index in [4.69, 9.17) is 0 Å². The summed E-state index contributed by atoms with van der Waals surface area (Å²) in [7, 11) is 0. The van der Waals surface area contributed by atoms with Crippen LogP contribution in [0, 0.1) is 6.92 Å². The van der Waals surface area contributed by atoms with E-state index in [2.05, 4.69) is 34.1 Å². The minimum atomic E-state index is 0.674. The number of hydrogen-bond acceptors (Lipinski definition) is 4. The second kappa shape index (κ2) is 5.39. The highest BCUT2D eigenvalue weighted by Gasteiger charge is 2.04. The standard InChI is InChI=1S/C13H16N4/c1-3-6-15-13-16-8-5-12(17-13)11-9-14-7-4-10(11)2/h4-5,7-9H,3,6H2,1-2H3,(H,15,16,17). The van der Waals surface area contributed by atoms with Gasteiger partial charge in [0, 0.05) is 30.7 Å². The summed E-state index contributed by atoms with van der Waals surface area (Å²) in [6.07, 6.45) is 6.45. The van der Waals surface area contributed by atoms with Crippen molar-refractivity contribution >= 4 is 5.95 Å². The third-order valence-electron chi connectivity index (χ3n) is 2.50. The van der Waals surface area contributed by atoms with Gasteiger partial charge in [0.25, 0.3) is 0 Å². The van der Waals surface area contributed by atoms with Crippen LogP contribution in [0.3, 0.4) is 0 Å². The van der Waals surface area contributed by atoms with E-state index in [1.807, 2.05) is 18.3 Å². The molecule has 0 fully saturated rings. The van der Waals surface area contributed by atoms with Gasteiger partial charge in [-0.3, -0.25) is 4.98 Å². The Labute approximate surface area is 101 Å². The summed E-state index contributed by atoms with van der Waals surface area (Å²) in [6, 6.07) is 3.89. The minimum absolute atomic E-state index is 0.674. The Morgan fingerprint density at radius 3 is 2.88 bits per heavy atom. The van der Waals surface area contributed by atoms with Crippen LogP contribution in [0.4, 0.5) is 5.95 Å². The van der Waals surface area contributed by atoms with Gasteiger partial charge in [-0.05, 0) is 31.0 Å². The molecule has 2 aromatic heterocycles. The molecule has 2 heterocycles. The van der Waals surface area contributed by atoms with E-state index in [0.29, 0.717) is 5.95 Å². The monoisotopic (exact) mass is 228 g/mol. The minimum Gasteiger partial charge on any atom is -0.354 e. The van der Waals surface area contributed by atoms with E-state index in [-0.39, 0.29) is 0 Å². The third-order valence-corrected chi connectivity index (χ3v) is 2.50. The second-order valence-electron chi connectivity index (χ2n) is 3.88. The summed E-state index contributed by atoms with van der Waals surface area (Å²) in [5, 5.41) is 3.18. The fraction of sp³-hybridized carbons (Fsp3) is 0.308. The average Bonchev–Trinajstić information content (AvgIpc) is 2.37. The lowest BCUT2D eigenvalue weighted by atomic mass is 10.1. The van der Waals surface area contributed by atoms with Gasteiger partial charge in [-0.15, -0.1) is 0 Å². The van der Waals surface area contributed by atoms with Gasteiger partial charge < -0.3 is 5.32 Å². The molecule has 4 nitrogen and oxygen atoms in total. The summed E-state index contributed by atoms with van der Waals surface area (Å²) >= 11 is 0. The number of hydrogen-bond donors (Lipinski definition) is 1. The van der Waals surface area contributed by atoms with Crippen molar-refractivity contribution in [2.24, 2.45) is 0 Å². The van der Waals surface area contributed by atoms with Gasteiger partial charge in [-0.25, -0.2) is 9.97 Å². The Morgan fingerprint density at radius 1 is 1.24 bits per heavy atom. The molecule has 0 aliphatic heterocycles. The molecule has 0 bridgehead atoms. The van der Waals surface area contributed by atoms with E-state index in [1.54, 1.807) is 12.4 Å². The lowest BCUT2D eigenvalue weighted by Crippen LogP contribution is -2.04. The van der Waals surface area contributed by atoms with Gasteiger partial charge in [0.1, 0.15) is 0 Å². The van der Waals surface area contributed by atoms with Crippen LogP contribution in [0.2, 0.25) is 0 Å². The average molecular weight is 228 g/mol. The lowest BCUT2D eigenvalue weighted by molar-refractivity contribution is 0.953. The predicted octanol–water partition coefficient (Wildman–Crippen LogP) is 2.67. The van der Waals surface area contributed by atoms with Gasteiger partial charge in [0.15, 0.2) is 0 Å². The smallest absolute Gasteiger partial charge is 0.223 e. The molecule has 0 unspecified atom stereocenters. The van der Waals surface area contributed by atoms with Crippen molar-refractivity contribution in [3.8, 4) is 11.3 Å². The van der Waals surface area contributed by atoms with Crippen molar-refractivity contribution in [1.29, 1.82) is 0 Å². The Kier molecular flexibility index (Phi) is 3.65. The van der Waals surface area contributed by atoms with Crippen molar-refractivity contribution in [3.05, 3.63) is 36.3 Å². The zero-order valence-corrected chi connectivity index (χ0v) is 10.1. The molecule has 0 spiro atoms. The maximum atomic E-state index is 4.48. The molecule has 1 N–H and O–H groups in total. The largest absolute Gasteiger partial charge is 0.354 e. The number of pyridine rings is 1. The Bertz CT molecular complexity index is 496. The van der Waals surface area contributed by atoms with Gasteiger partial charge in [0.05, 0.1) is 5.69 Å². The van der Waals surface area contributed by atoms with Crippen LogP contribution >= 0.6 is 0 Å². The second-order valence-corrected chi connectivity index (χ2v) is 3.88. The maximum Gasteiger partial charge on any atom is 0.223 e. The van der Waals surface area contributed by atoms with Crippen molar-refractivity contribution in [1.82, 2.24) is 15.0 Å². The normalized spacial score (nSPS) is 10.2.